The minimum atomic E-state index is -0.440. The molecule has 1 atom stereocenters. The maximum atomic E-state index is 9.80. The molecule has 1 aromatic carbocycles. The Bertz CT molecular complexity index is 334. The molecule has 3 heteroatoms. The van der Waals surface area contributed by atoms with E-state index in [0.717, 1.165) is 11.1 Å². The number of methoxy groups -OCH3 is 2. The lowest BCUT2D eigenvalue weighted by atomic mass is 10.0. The van der Waals surface area contributed by atoms with Gasteiger partial charge in [-0.3, -0.25) is 0 Å². The lowest BCUT2D eigenvalue weighted by molar-refractivity contribution is 0.172. The van der Waals surface area contributed by atoms with E-state index < -0.39 is 6.10 Å². The normalized spacial score (nSPS) is 12.3. The van der Waals surface area contributed by atoms with Crippen molar-refractivity contribution in [1.82, 2.24) is 0 Å². The zero-order chi connectivity index (χ0) is 11.4. The summed E-state index contributed by atoms with van der Waals surface area (Å²) in [5.74, 6) is 1.35. The molecule has 0 bridgehead atoms. The van der Waals surface area contributed by atoms with Crippen LogP contribution in [0, 0.1) is 6.92 Å². The molecule has 0 fully saturated rings. The van der Waals surface area contributed by atoms with Gasteiger partial charge in [0.05, 0.1) is 20.3 Å². The zero-order valence-electron chi connectivity index (χ0n) is 9.70. The van der Waals surface area contributed by atoms with E-state index in [4.69, 9.17) is 9.47 Å². The van der Waals surface area contributed by atoms with E-state index in [1.54, 1.807) is 14.2 Å². The third-order valence-electron chi connectivity index (χ3n) is 2.52. The average molecular weight is 210 g/mol. The fraction of sp³-hybridized carbons (Fsp3) is 0.500. The van der Waals surface area contributed by atoms with Crippen LogP contribution in [0.2, 0.25) is 0 Å². The number of aliphatic hydroxyl groups is 1. The summed E-state index contributed by atoms with van der Waals surface area (Å²) in [6.45, 7) is 3.90. The van der Waals surface area contributed by atoms with Gasteiger partial charge in [0.25, 0.3) is 0 Å². The van der Waals surface area contributed by atoms with Gasteiger partial charge in [0.15, 0.2) is 11.5 Å². The van der Waals surface area contributed by atoms with Crippen LogP contribution in [0.4, 0.5) is 0 Å². The minimum absolute atomic E-state index is 0.440. The zero-order valence-corrected chi connectivity index (χ0v) is 9.70. The molecule has 0 saturated carbocycles. The molecule has 1 rings (SSSR count). The fourth-order valence-electron chi connectivity index (χ4n) is 1.58. The van der Waals surface area contributed by atoms with Gasteiger partial charge < -0.3 is 14.6 Å². The molecule has 0 spiro atoms. The predicted molar refractivity (Wildman–Crippen MR) is 59.5 cm³/mol. The summed E-state index contributed by atoms with van der Waals surface area (Å²) in [6.07, 6.45) is 0.251. The summed E-state index contributed by atoms with van der Waals surface area (Å²) in [7, 11) is 3.20. The van der Waals surface area contributed by atoms with Crippen molar-refractivity contribution in [3.05, 3.63) is 23.3 Å². The smallest absolute Gasteiger partial charge is 0.161 e. The highest BCUT2D eigenvalue weighted by Gasteiger charge is 2.13. The van der Waals surface area contributed by atoms with Gasteiger partial charge in [0, 0.05) is 0 Å². The highest BCUT2D eigenvalue weighted by atomic mass is 16.5. The Morgan fingerprint density at radius 2 is 1.73 bits per heavy atom. The van der Waals surface area contributed by atoms with Gasteiger partial charge in [-0.2, -0.15) is 0 Å². The Morgan fingerprint density at radius 3 is 2.20 bits per heavy atom. The highest BCUT2D eigenvalue weighted by Crippen LogP contribution is 2.33. The van der Waals surface area contributed by atoms with Gasteiger partial charge in [-0.1, -0.05) is 6.92 Å². The SMILES string of the molecule is CCC(O)c1cc(OC)c(OC)cc1C. The Balaban J connectivity index is 3.19. The second-order valence-electron chi connectivity index (χ2n) is 3.49. The lowest BCUT2D eigenvalue weighted by Crippen LogP contribution is -2.01. The number of rotatable bonds is 4. The Morgan fingerprint density at radius 1 is 1.20 bits per heavy atom. The molecule has 0 aromatic heterocycles. The maximum Gasteiger partial charge on any atom is 0.161 e. The van der Waals surface area contributed by atoms with Crippen molar-refractivity contribution in [2.45, 2.75) is 26.4 Å². The summed E-state index contributed by atoms with van der Waals surface area (Å²) < 4.78 is 10.4. The molecule has 0 aliphatic rings. The predicted octanol–water partition coefficient (Wildman–Crippen LogP) is 2.46. The molecule has 1 N–H and O–H groups in total. The van der Waals surface area contributed by atoms with Crippen molar-refractivity contribution in [3.63, 3.8) is 0 Å². The summed E-state index contributed by atoms with van der Waals surface area (Å²) in [5.41, 5.74) is 1.91. The van der Waals surface area contributed by atoms with Crippen LogP contribution in [0.1, 0.15) is 30.6 Å². The third kappa shape index (κ3) is 2.42. The van der Waals surface area contributed by atoms with Crippen LogP contribution in [0.25, 0.3) is 0 Å². The van der Waals surface area contributed by atoms with Crippen LogP contribution in [-0.2, 0) is 0 Å². The summed E-state index contributed by atoms with van der Waals surface area (Å²) in [4.78, 5) is 0. The number of aliphatic hydroxyl groups excluding tert-OH is 1. The molecule has 0 radical (unpaired) electrons. The highest BCUT2D eigenvalue weighted by molar-refractivity contribution is 5.47. The summed E-state index contributed by atoms with van der Waals surface area (Å²) in [6, 6.07) is 3.72. The minimum Gasteiger partial charge on any atom is -0.493 e. The first kappa shape index (κ1) is 11.9. The molecular weight excluding hydrogens is 192 g/mol. The van der Waals surface area contributed by atoms with E-state index in [9.17, 15) is 5.11 Å². The molecule has 84 valence electrons. The molecule has 0 aliphatic carbocycles. The van der Waals surface area contributed by atoms with Crippen LogP contribution < -0.4 is 9.47 Å². The van der Waals surface area contributed by atoms with E-state index in [0.29, 0.717) is 17.9 Å². The number of aryl methyl sites for hydroxylation is 1. The van der Waals surface area contributed by atoms with Crippen molar-refractivity contribution in [2.75, 3.05) is 14.2 Å². The molecule has 1 unspecified atom stereocenters. The monoisotopic (exact) mass is 210 g/mol. The van der Waals surface area contributed by atoms with Crippen molar-refractivity contribution in [2.24, 2.45) is 0 Å². The van der Waals surface area contributed by atoms with Crippen LogP contribution in [0.5, 0.6) is 11.5 Å². The molecule has 0 saturated heterocycles. The van der Waals surface area contributed by atoms with Crippen molar-refractivity contribution >= 4 is 0 Å². The Hall–Kier alpha value is -1.22. The number of hydrogen-bond donors (Lipinski definition) is 1. The molecule has 3 nitrogen and oxygen atoms in total. The maximum absolute atomic E-state index is 9.80. The summed E-state index contributed by atoms with van der Waals surface area (Å²) >= 11 is 0. The van der Waals surface area contributed by atoms with Gasteiger partial charge in [-0.25, -0.2) is 0 Å². The van der Waals surface area contributed by atoms with Gasteiger partial charge in [0.1, 0.15) is 0 Å². The number of benzene rings is 1. The van der Waals surface area contributed by atoms with Gasteiger partial charge in [-0.15, -0.1) is 0 Å². The topological polar surface area (TPSA) is 38.7 Å². The van der Waals surface area contributed by atoms with Crippen LogP contribution in [0.3, 0.4) is 0 Å². The lowest BCUT2D eigenvalue weighted by Gasteiger charge is -2.15. The van der Waals surface area contributed by atoms with Gasteiger partial charge in [-0.05, 0) is 36.6 Å². The van der Waals surface area contributed by atoms with Crippen molar-refractivity contribution in [1.29, 1.82) is 0 Å². The van der Waals surface area contributed by atoms with Gasteiger partial charge in [0.2, 0.25) is 0 Å². The first-order chi connectivity index (χ1) is 7.13. The largest absolute Gasteiger partial charge is 0.493 e. The Kier molecular flexibility index (Phi) is 3.97. The van der Waals surface area contributed by atoms with E-state index in [2.05, 4.69) is 0 Å². The number of hydrogen-bond acceptors (Lipinski definition) is 3. The van der Waals surface area contributed by atoms with E-state index in [1.807, 2.05) is 26.0 Å². The Labute approximate surface area is 90.6 Å². The first-order valence-corrected chi connectivity index (χ1v) is 5.04. The second kappa shape index (κ2) is 5.03. The van der Waals surface area contributed by atoms with Crippen LogP contribution in [-0.4, -0.2) is 19.3 Å². The molecule has 0 heterocycles. The van der Waals surface area contributed by atoms with E-state index in [-0.39, 0.29) is 0 Å². The number of ether oxygens (including phenoxy) is 2. The molecule has 1 aromatic rings. The van der Waals surface area contributed by atoms with Crippen LogP contribution in [0.15, 0.2) is 12.1 Å². The first-order valence-electron chi connectivity index (χ1n) is 5.04. The fourth-order valence-corrected chi connectivity index (χ4v) is 1.58. The van der Waals surface area contributed by atoms with Gasteiger partial charge >= 0.3 is 0 Å². The molecule has 0 amide bonds. The van der Waals surface area contributed by atoms with E-state index >= 15 is 0 Å². The molecule has 15 heavy (non-hydrogen) atoms. The van der Waals surface area contributed by atoms with Crippen LogP contribution >= 0.6 is 0 Å². The quantitative estimate of drug-likeness (QED) is 0.829. The molecular formula is C12H18O3. The second-order valence-corrected chi connectivity index (χ2v) is 3.49. The van der Waals surface area contributed by atoms with Crippen molar-refractivity contribution in [3.8, 4) is 11.5 Å². The molecule has 0 aliphatic heterocycles. The summed E-state index contributed by atoms with van der Waals surface area (Å²) in [5, 5.41) is 9.80. The third-order valence-corrected chi connectivity index (χ3v) is 2.52. The average Bonchev–Trinajstić information content (AvgIpc) is 2.27. The standard InChI is InChI=1S/C12H18O3/c1-5-10(13)9-7-12(15-4)11(14-3)6-8(9)2/h6-7,10,13H,5H2,1-4H3. The van der Waals surface area contributed by atoms with E-state index in [1.165, 1.54) is 0 Å². The van der Waals surface area contributed by atoms with Crippen molar-refractivity contribution < 1.29 is 14.6 Å².